The Labute approximate surface area is 95.5 Å². The van der Waals surface area contributed by atoms with E-state index in [2.05, 4.69) is 10.3 Å². The van der Waals surface area contributed by atoms with Gasteiger partial charge in [-0.2, -0.15) is 0 Å². The average molecular weight is 228 g/mol. The lowest BCUT2D eigenvalue weighted by atomic mass is 9.76. The summed E-state index contributed by atoms with van der Waals surface area (Å²) < 4.78 is 0. The fourth-order valence-corrected chi connectivity index (χ4v) is 2.33. The summed E-state index contributed by atoms with van der Waals surface area (Å²) in [5, 5.41) is 33.6. The fraction of sp³-hybridized carbons (Fsp3) is 0.818. The van der Waals surface area contributed by atoms with Crippen LogP contribution in [0.5, 0.6) is 0 Å². The first-order valence-electron chi connectivity index (χ1n) is 5.51. The van der Waals surface area contributed by atoms with Crippen LogP contribution in [0.3, 0.4) is 0 Å². The van der Waals surface area contributed by atoms with Crippen molar-refractivity contribution in [2.24, 2.45) is 21.6 Å². The fourth-order valence-electron chi connectivity index (χ4n) is 2.33. The second-order valence-corrected chi connectivity index (χ2v) is 5.31. The maximum Gasteiger partial charge on any atom is 0.0580 e. The Kier molecular flexibility index (Phi) is 4.29. The molecular weight excluding hydrogens is 208 g/mol. The van der Waals surface area contributed by atoms with Gasteiger partial charge in [0, 0.05) is 6.61 Å². The average Bonchev–Trinajstić information content (AvgIpc) is 2.22. The highest BCUT2D eigenvalue weighted by Crippen LogP contribution is 2.32. The topological polar surface area (TPSA) is 85.4 Å². The Hall–Kier alpha value is -1.10. The molecule has 0 aromatic rings. The van der Waals surface area contributed by atoms with Crippen molar-refractivity contribution in [3.05, 3.63) is 0 Å². The van der Waals surface area contributed by atoms with Gasteiger partial charge < -0.3 is 15.5 Å². The van der Waals surface area contributed by atoms with Crippen molar-refractivity contribution >= 4 is 11.4 Å². The zero-order chi connectivity index (χ0) is 12.2. The monoisotopic (exact) mass is 228 g/mol. The molecule has 0 spiro atoms. The van der Waals surface area contributed by atoms with E-state index in [0.717, 1.165) is 0 Å². The van der Waals surface area contributed by atoms with E-state index in [0.29, 0.717) is 37.1 Å². The molecule has 92 valence electrons. The normalized spacial score (nSPS) is 31.3. The van der Waals surface area contributed by atoms with Crippen molar-refractivity contribution in [1.82, 2.24) is 0 Å². The standard InChI is InChI=1S/C11H20N2O3/c1-11(2)5-9(12-15)3-8(7-14)4-10(6-11)13-16/h8,14-16H,3-7H2,1-2H3/b12-9-,13-10+. The number of oxime groups is 2. The summed E-state index contributed by atoms with van der Waals surface area (Å²) in [7, 11) is 0. The maximum atomic E-state index is 9.19. The van der Waals surface area contributed by atoms with Gasteiger partial charge in [-0.15, -0.1) is 0 Å². The first-order chi connectivity index (χ1) is 7.50. The summed E-state index contributed by atoms with van der Waals surface area (Å²) in [6.07, 6.45) is 2.41. The minimum absolute atomic E-state index is 0.0124. The first-order valence-corrected chi connectivity index (χ1v) is 5.51. The van der Waals surface area contributed by atoms with Crippen LogP contribution < -0.4 is 0 Å². The van der Waals surface area contributed by atoms with Gasteiger partial charge in [-0.05, 0) is 37.0 Å². The van der Waals surface area contributed by atoms with Gasteiger partial charge >= 0.3 is 0 Å². The third kappa shape index (κ3) is 3.48. The van der Waals surface area contributed by atoms with Crippen LogP contribution in [0.25, 0.3) is 0 Å². The number of hydrogen-bond donors (Lipinski definition) is 3. The van der Waals surface area contributed by atoms with Gasteiger partial charge in [0.2, 0.25) is 0 Å². The molecule has 1 saturated carbocycles. The minimum atomic E-state index is -0.0798. The lowest BCUT2D eigenvalue weighted by Crippen LogP contribution is -2.29. The molecule has 1 atom stereocenters. The molecule has 0 aliphatic heterocycles. The summed E-state index contributed by atoms with van der Waals surface area (Å²) in [5.74, 6) is -0.0205. The van der Waals surface area contributed by atoms with Gasteiger partial charge in [0.05, 0.1) is 11.4 Å². The highest BCUT2D eigenvalue weighted by atomic mass is 16.4. The summed E-state index contributed by atoms with van der Waals surface area (Å²) in [4.78, 5) is 0. The minimum Gasteiger partial charge on any atom is -0.411 e. The molecule has 3 N–H and O–H groups in total. The van der Waals surface area contributed by atoms with E-state index in [9.17, 15) is 5.11 Å². The van der Waals surface area contributed by atoms with E-state index in [-0.39, 0.29) is 17.9 Å². The number of aliphatic hydroxyl groups is 1. The van der Waals surface area contributed by atoms with E-state index in [1.807, 2.05) is 13.8 Å². The van der Waals surface area contributed by atoms with Crippen LogP contribution in [0.2, 0.25) is 0 Å². The third-order valence-electron chi connectivity index (χ3n) is 2.95. The largest absolute Gasteiger partial charge is 0.411 e. The Morgan fingerprint density at radius 2 is 1.56 bits per heavy atom. The predicted molar refractivity (Wildman–Crippen MR) is 61.3 cm³/mol. The van der Waals surface area contributed by atoms with Crippen molar-refractivity contribution in [2.75, 3.05) is 6.61 Å². The Bertz CT molecular complexity index is 272. The molecule has 0 radical (unpaired) electrons. The molecule has 5 nitrogen and oxygen atoms in total. The van der Waals surface area contributed by atoms with Gasteiger partial charge in [-0.3, -0.25) is 0 Å². The molecular formula is C11H20N2O3. The van der Waals surface area contributed by atoms with E-state index < -0.39 is 0 Å². The molecule has 1 fully saturated rings. The molecule has 0 amide bonds. The summed E-state index contributed by atoms with van der Waals surface area (Å²) in [6, 6.07) is 0. The van der Waals surface area contributed by atoms with Gasteiger partial charge in [-0.25, -0.2) is 0 Å². The Balaban J connectivity index is 2.87. The first kappa shape index (κ1) is 13.0. The van der Waals surface area contributed by atoms with Crippen molar-refractivity contribution < 1.29 is 15.5 Å². The zero-order valence-electron chi connectivity index (χ0n) is 9.85. The highest BCUT2D eigenvalue weighted by molar-refractivity contribution is 5.90. The Morgan fingerprint density at radius 1 is 1.12 bits per heavy atom. The molecule has 1 rings (SSSR count). The van der Waals surface area contributed by atoms with E-state index in [4.69, 9.17) is 10.4 Å². The predicted octanol–water partition coefficient (Wildman–Crippen LogP) is 1.86. The molecule has 5 heteroatoms. The van der Waals surface area contributed by atoms with Crippen LogP contribution in [-0.4, -0.2) is 33.6 Å². The molecule has 16 heavy (non-hydrogen) atoms. The number of aliphatic hydroxyl groups excluding tert-OH is 1. The van der Waals surface area contributed by atoms with Gasteiger partial charge in [-0.1, -0.05) is 24.2 Å². The summed E-state index contributed by atoms with van der Waals surface area (Å²) >= 11 is 0. The molecule has 1 unspecified atom stereocenters. The van der Waals surface area contributed by atoms with Gasteiger partial charge in [0.25, 0.3) is 0 Å². The van der Waals surface area contributed by atoms with Crippen molar-refractivity contribution in [2.45, 2.75) is 39.5 Å². The summed E-state index contributed by atoms with van der Waals surface area (Å²) in [5.41, 5.74) is 1.34. The van der Waals surface area contributed by atoms with Crippen LogP contribution in [0.15, 0.2) is 10.3 Å². The molecule has 0 heterocycles. The lowest BCUT2D eigenvalue weighted by Gasteiger charge is -2.30. The molecule has 0 saturated heterocycles. The smallest absolute Gasteiger partial charge is 0.0580 e. The molecule has 1 aliphatic rings. The van der Waals surface area contributed by atoms with E-state index in [1.165, 1.54) is 0 Å². The van der Waals surface area contributed by atoms with Crippen LogP contribution in [0.1, 0.15) is 39.5 Å². The maximum absolute atomic E-state index is 9.19. The van der Waals surface area contributed by atoms with Crippen LogP contribution in [0.4, 0.5) is 0 Å². The van der Waals surface area contributed by atoms with Gasteiger partial charge in [0.15, 0.2) is 0 Å². The molecule has 0 bridgehead atoms. The van der Waals surface area contributed by atoms with Crippen molar-refractivity contribution in [1.29, 1.82) is 0 Å². The summed E-state index contributed by atoms with van der Waals surface area (Å²) in [6.45, 7) is 4.10. The number of hydrogen-bond acceptors (Lipinski definition) is 5. The van der Waals surface area contributed by atoms with Crippen LogP contribution in [-0.2, 0) is 0 Å². The van der Waals surface area contributed by atoms with E-state index in [1.54, 1.807) is 0 Å². The zero-order valence-corrected chi connectivity index (χ0v) is 9.85. The number of nitrogens with zero attached hydrogens (tertiary/aromatic N) is 2. The van der Waals surface area contributed by atoms with E-state index >= 15 is 0 Å². The SMILES string of the molecule is CC1(C)C/C(=N\O)CC(CO)C/C(=N\O)C1. The highest BCUT2D eigenvalue weighted by Gasteiger charge is 2.29. The molecule has 1 aliphatic carbocycles. The quantitative estimate of drug-likeness (QED) is 0.473. The number of rotatable bonds is 1. The van der Waals surface area contributed by atoms with Crippen molar-refractivity contribution in [3.63, 3.8) is 0 Å². The second kappa shape index (κ2) is 5.30. The molecule has 0 aromatic heterocycles. The van der Waals surface area contributed by atoms with Crippen molar-refractivity contribution in [3.8, 4) is 0 Å². The molecule has 0 aromatic carbocycles. The van der Waals surface area contributed by atoms with Crippen LogP contribution in [0, 0.1) is 11.3 Å². The second-order valence-electron chi connectivity index (χ2n) is 5.31. The lowest BCUT2D eigenvalue weighted by molar-refractivity contribution is 0.223. The third-order valence-corrected chi connectivity index (χ3v) is 2.95. The van der Waals surface area contributed by atoms with Gasteiger partial charge in [0.1, 0.15) is 0 Å². The Morgan fingerprint density at radius 3 is 1.88 bits per heavy atom. The van der Waals surface area contributed by atoms with Crippen LogP contribution >= 0.6 is 0 Å².